The van der Waals surface area contributed by atoms with E-state index in [2.05, 4.69) is 5.32 Å². The number of anilines is 2. The highest BCUT2D eigenvalue weighted by Gasteiger charge is 2.49. The van der Waals surface area contributed by atoms with Gasteiger partial charge in [0.15, 0.2) is 0 Å². The minimum atomic E-state index is -4.60. The molecular weight excluding hydrogens is 457 g/mol. The number of nitriles is 1. The molecule has 2 aromatic rings. The van der Waals surface area contributed by atoms with E-state index in [1.165, 1.54) is 6.07 Å². The first-order valence-corrected chi connectivity index (χ1v) is 11.6. The number of halogens is 3. The number of hydrogen-bond donors (Lipinski definition) is 1. The number of hydrogen-bond acceptors (Lipinski definition) is 4. The van der Waals surface area contributed by atoms with Gasteiger partial charge in [-0.25, -0.2) is 4.79 Å². The van der Waals surface area contributed by atoms with Gasteiger partial charge in [0.1, 0.15) is 0 Å². The number of carbonyl (C=O) groups is 1. The number of benzene rings is 2. The molecule has 0 bridgehead atoms. The summed E-state index contributed by atoms with van der Waals surface area (Å²) in [4.78, 5) is 16.5. The second-order valence-electron chi connectivity index (χ2n) is 9.52. The molecule has 9 heteroatoms. The van der Waals surface area contributed by atoms with Gasteiger partial charge in [-0.3, -0.25) is 0 Å². The van der Waals surface area contributed by atoms with E-state index >= 15 is 0 Å². The Hall–Kier alpha value is -3.25. The molecule has 35 heavy (non-hydrogen) atoms. The Morgan fingerprint density at radius 2 is 1.89 bits per heavy atom. The van der Waals surface area contributed by atoms with Crippen LogP contribution in [0.1, 0.15) is 29.5 Å². The molecular formula is C26H29F3N4O2. The van der Waals surface area contributed by atoms with E-state index in [0.717, 1.165) is 30.2 Å². The lowest BCUT2D eigenvalue weighted by Crippen LogP contribution is -2.48. The Kier molecular flexibility index (Phi) is 6.95. The number of nitrogens with zero attached hydrogens (tertiary/aromatic N) is 3. The van der Waals surface area contributed by atoms with Crippen molar-refractivity contribution >= 4 is 17.4 Å². The van der Waals surface area contributed by atoms with E-state index in [0.29, 0.717) is 38.5 Å². The van der Waals surface area contributed by atoms with Crippen LogP contribution in [-0.4, -0.2) is 50.8 Å². The number of ether oxygens (including phenoxy) is 1. The monoisotopic (exact) mass is 486 g/mol. The third-order valence-corrected chi connectivity index (χ3v) is 7.32. The average molecular weight is 487 g/mol. The minimum Gasteiger partial charge on any atom is -0.384 e. The van der Waals surface area contributed by atoms with Crippen molar-refractivity contribution in [2.24, 2.45) is 11.3 Å². The van der Waals surface area contributed by atoms with Gasteiger partial charge >= 0.3 is 12.2 Å². The standard InChI is InChI=1S/C26H29F3N4O2/c1-18-3-6-21(7-4-18)31-24(34)32-11-9-25(10-12-32)17-33(15-20(25)16-35-2)22-8-5-19(14-30)23(13-22)26(27,28)29/h3-8,13,20H,9-12,15-17H2,1-2H3,(H,31,34). The summed E-state index contributed by atoms with van der Waals surface area (Å²) in [6, 6.07) is 13.0. The number of carbonyl (C=O) groups excluding carboxylic acids is 1. The third-order valence-electron chi connectivity index (χ3n) is 7.32. The summed E-state index contributed by atoms with van der Waals surface area (Å²) in [5.74, 6) is 0.125. The summed E-state index contributed by atoms with van der Waals surface area (Å²) in [7, 11) is 1.63. The first-order chi connectivity index (χ1) is 16.6. The quantitative estimate of drug-likeness (QED) is 0.638. The molecule has 1 spiro atoms. The van der Waals surface area contributed by atoms with Crippen molar-refractivity contribution in [3.63, 3.8) is 0 Å². The van der Waals surface area contributed by atoms with Crippen LogP contribution in [0.3, 0.4) is 0 Å². The predicted octanol–water partition coefficient (Wildman–Crippen LogP) is 5.28. The zero-order chi connectivity index (χ0) is 25.2. The van der Waals surface area contributed by atoms with Crippen LogP contribution in [0, 0.1) is 29.6 Å². The highest BCUT2D eigenvalue weighted by molar-refractivity contribution is 5.89. The van der Waals surface area contributed by atoms with Crippen LogP contribution in [0.4, 0.5) is 29.3 Å². The number of amides is 2. The fraction of sp³-hybridized carbons (Fsp3) is 0.462. The van der Waals surface area contributed by atoms with Crippen LogP contribution < -0.4 is 10.2 Å². The van der Waals surface area contributed by atoms with E-state index in [-0.39, 0.29) is 22.9 Å². The third kappa shape index (κ3) is 5.22. The van der Waals surface area contributed by atoms with E-state index in [1.807, 2.05) is 36.1 Å². The predicted molar refractivity (Wildman–Crippen MR) is 127 cm³/mol. The molecule has 2 amide bonds. The van der Waals surface area contributed by atoms with Gasteiger partial charge in [-0.1, -0.05) is 17.7 Å². The highest BCUT2D eigenvalue weighted by atomic mass is 19.4. The van der Waals surface area contributed by atoms with Crippen LogP contribution in [0.25, 0.3) is 0 Å². The van der Waals surface area contributed by atoms with Crippen molar-refractivity contribution in [2.45, 2.75) is 25.9 Å². The van der Waals surface area contributed by atoms with E-state index in [1.54, 1.807) is 24.1 Å². The first kappa shape index (κ1) is 24.9. The molecule has 2 fully saturated rings. The molecule has 2 aliphatic rings. The number of piperidine rings is 1. The van der Waals surface area contributed by atoms with Crippen LogP contribution in [0.2, 0.25) is 0 Å². The summed E-state index contributed by atoms with van der Waals surface area (Å²) in [5, 5.41) is 12.0. The topological polar surface area (TPSA) is 68.6 Å². The van der Waals surface area contributed by atoms with Crippen LogP contribution in [0.15, 0.2) is 42.5 Å². The SMILES string of the molecule is COCC1CN(c2ccc(C#N)c(C(F)(F)F)c2)CC12CCN(C(=O)Nc1ccc(C)cc1)CC2. The summed E-state index contributed by atoms with van der Waals surface area (Å²) in [5.41, 5.74) is 0.854. The average Bonchev–Trinajstić information content (AvgIpc) is 3.17. The van der Waals surface area contributed by atoms with Gasteiger partial charge in [-0.15, -0.1) is 0 Å². The number of rotatable bonds is 4. The maximum atomic E-state index is 13.5. The zero-order valence-electron chi connectivity index (χ0n) is 19.9. The van der Waals surface area contributed by atoms with Gasteiger partial charge in [-0.2, -0.15) is 18.4 Å². The number of likely N-dealkylation sites (tertiary alicyclic amines) is 1. The molecule has 1 atom stereocenters. The molecule has 2 saturated heterocycles. The maximum Gasteiger partial charge on any atom is 0.417 e. The molecule has 6 nitrogen and oxygen atoms in total. The number of alkyl halides is 3. The van der Waals surface area contributed by atoms with Crippen molar-refractivity contribution in [3.8, 4) is 6.07 Å². The smallest absolute Gasteiger partial charge is 0.384 e. The molecule has 1 N–H and O–H groups in total. The molecule has 0 saturated carbocycles. The number of methoxy groups -OCH3 is 1. The molecule has 2 aliphatic heterocycles. The summed E-state index contributed by atoms with van der Waals surface area (Å²) < 4.78 is 46.0. The van der Waals surface area contributed by atoms with E-state index in [9.17, 15) is 18.0 Å². The fourth-order valence-electron chi connectivity index (χ4n) is 5.28. The Morgan fingerprint density at radius 1 is 1.20 bits per heavy atom. The van der Waals surface area contributed by atoms with Gasteiger partial charge in [0.05, 0.1) is 23.8 Å². The largest absolute Gasteiger partial charge is 0.417 e. The summed E-state index contributed by atoms with van der Waals surface area (Å²) in [6.07, 6.45) is -3.12. The van der Waals surface area contributed by atoms with Crippen LogP contribution in [-0.2, 0) is 10.9 Å². The number of urea groups is 1. The van der Waals surface area contributed by atoms with Crippen LogP contribution in [0.5, 0.6) is 0 Å². The van der Waals surface area contributed by atoms with Gasteiger partial charge in [0.2, 0.25) is 0 Å². The minimum absolute atomic E-state index is 0.125. The lowest BCUT2D eigenvalue weighted by molar-refractivity contribution is -0.137. The van der Waals surface area contributed by atoms with Crippen molar-refractivity contribution in [2.75, 3.05) is 50.1 Å². The second-order valence-corrected chi connectivity index (χ2v) is 9.52. The van der Waals surface area contributed by atoms with Gasteiger partial charge in [0, 0.05) is 50.6 Å². The summed E-state index contributed by atoms with van der Waals surface area (Å²) >= 11 is 0. The van der Waals surface area contributed by atoms with Gasteiger partial charge in [-0.05, 0) is 55.5 Å². The van der Waals surface area contributed by atoms with Crippen molar-refractivity contribution in [1.29, 1.82) is 5.26 Å². The summed E-state index contributed by atoms with van der Waals surface area (Å²) in [6.45, 7) is 4.75. The van der Waals surface area contributed by atoms with Crippen molar-refractivity contribution < 1.29 is 22.7 Å². The number of nitrogens with one attached hydrogen (secondary N) is 1. The van der Waals surface area contributed by atoms with Gasteiger partial charge < -0.3 is 19.9 Å². The lowest BCUT2D eigenvalue weighted by atomic mass is 9.71. The maximum absolute atomic E-state index is 13.5. The lowest BCUT2D eigenvalue weighted by Gasteiger charge is -2.42. The fourth-order valence-corrected chi connectivity index (χ4v) is 5.28. The van der Waals surface area contributed by atoms with E-state index < -0.39 is 11.7 Å². The van der Waals surface area contributed by atoms with Crippen molar-refractivity contribution in [1.82, 2.24) is 4.90 Å². The molecule has 4 rings (SSSR count). The molecule has 0 aliphatic carbocycles. The van der Waals surface area contributed by atoms with Gasteiger partial charge in [0.25, 0.3) is 0 Å². The Bertz CT molecular complexity index is 1100. The highest BCUT2D eigenvalue weighted by Crippen LogP contribution is 2.47. The first-order valence-electron chi connectivity index (χ1n) is 11.6. The Labute approximate surface area is 203 Å². The zero-order valence-corrected chi connectivity index (χ0v) is 19.9. The molecule has 186 valence electrons. The van der Waals surface area contributed by atoms with Crippen molar-refractivity contribution in [3.05, 3.63) is 59.2 Å². The molecule has 1 unspecified atom stereocenters. The molecule has 0 aromatic heterocycles. The van der Waals surface area contributed by atoms with Crippen LogP contribution >= 0.6 is 0 Å². The Morgan fingerprint density at radius 3 is 2.49 bits per heavy atom. The number of aryl methyl sites for hydroxylation is 1. The normalized spacial score (nSPS) is 19.6. The second kappa shape index (κ2) is 9.78. The molecule has 2 heterocycles. The molecule has 0 radical (unpaired) electrons. The molecule has 2 aromatic carbocycles. The Balaban J connectivity index is 1.48. The van der Waals surface area contributed by atoms with E-state index in [4.69, 9.17) is 10.00 Å².